The van der Waals surface area contributed by atoms with Crippen LogP contribution >= 0.6 is 0 Å². The summed E-state index contributed by atoms with van der Waals surface area (Å²) in [6.45, 7) is 4.80. The molecule has 0 aliphatic heterocycles. The highest BCUT2D eigenvalue weighted by molar-refractivity contribution is 7.92. The van der Waals surface area contributed by atoms with Gasteiger partial charge in [-0.25, -0.2) is 8.42 Å². The van der Waals surface area contributed by atoms with Crippen molar-refractivity contribution in [2.24, 2.45) is 0 Å². The van der Waals surface area contributed by atoms with E-state index in [1.807, 2.05) is 37.3 Å². The Kier molecular flexibility index (Phi) is 4.90. The van der Waals surface area contributed by atoms with Gasteiger partial charge in [0.25, 0.3) is 0 Å². The standard InChI is InChI=1S/C13H19NO3S/c1-4-18(16,17)11(3)13(15)14-10(2)12-8-6-5-7-9-12/h5-11H,4H2,1-3H3,(H,14,15). The molecule has 2 unspecified atom stereocenters. The van der Waals surface area contributed by atoms with E-state index in [4.69, 9.17) is 0 Å². The van der Waals surface area contributed by atoms with Crippen molar-refractivity contribution in [1.29, 1.82) is 0 Å². The van der Waals surface area contributed by atoms with E-state index in [0.29, 0.717) is 0 Å². The quantitative estimate of drug-likeness (QED) is 0.884. The first kappa shape index (κ1) is 14.7. The van der Waals surface area contributed by atoms with Crippen LogP contribution in [0.1, 0.15) is 32.4 Å². The summed E-state index contributed by atoms with van der Waals surface area (Å²) in [5.41, 5.74) is 0.951. The van der Waals surface area contributed by atoms with Gasteiger partial charge in [0.05, 0.1) is 6.04 Å². The maximum absolute atomic E-state index is 11.8. The van der Waals surface area contributed by atoms with Crippen molar-refractivity contribution >= 4 is 15.7 Å². The molecule has 0 aliphatic carbocycles. The molecule has 0 aromatic heterocycles. The molecule has 4 nitrogen and oxygen atoms in total. The molecule has 0 fully saturated rings. The molecule has 1 rings (SSSR count). The number of amides is 1. The largest absolute Gasteiger partial charge is 0.348 e. The summed E-state index contributed by atoms with van der Waals surface area (Å²) in [5, 5.41) is 1.71. The van der Waals surface area contributed by atoms with Gasteiger partial charge in [-0.3, -0.25) is 4.79 Å². The van der Waals surface area contributed by atoms with Gasteiger partial charge < -0.3 is 5.32 Å². The lowest BCUT2D eigenvalue weighted by Gasteiger charge is -2.17. The lowest BCUT2D eigenvalue weighted by atomic mass is 10.1. The van der Waals surface area contributed by atoms with E-state index in [-0.39, 0.29) is 11.8 Å². The maximum atomic E-state index is 11.8. The van der Waals surface area contributed by atoms with Crippen molar-refractivity contribution in [2.75, 3.05) is 5.75 Å². The van der Waals surface area contributed by atoms with E-state index >= 15 is 0 Å². The summed E-state index contributed by atoms with van der Waals surface area (Å²) in [4.78, 5) is 11.8. The summed E-state index contributed by atoms with van der Waals surface area (Å²) < 4.78 is 23.2. The van der Waals surface area contributed by atoms with Crippen molar-refractivity contribution in [3.8, 4) is 0 Å². The monoisotopic (exact) mass is 269 g/mol. The van der Waals surface area contributed by atoms with E-state index in [1.54, 1.807) is 6.92 Å². The average molecular weight is 269 g/mol. The third-order valence-corrected chi connectivity index (χ3v) is 5.06. The fraction of sp³-hybridized carbons (Fsp3) is 0.462. The van der Waals surface area contributed by atoms with Gasteiger partial charge >= 0.3 is 0 Å². The van der Waals surface area contributed by atoms with Crippen molar-refractivity contribution in [1.82, 2.24) is 5.32 Å². The molecule has 0 spiro atoms. The van der Waals surface area contributed by atoms with Gasteiger partial charge in [-0.05, 0) is 19.4 Å². The van der Waals surface area contributed by atoms with Crippen LogP contribution in [0.2, 0.25) is 0 Å². The Hall–Kier alpha value is -1.36. The zero-order chi connectivity index (χ0) is 13.8. The fourth-order valence-corrected chi connectivity index (χ4v) is 2.46. The van der Waals surface area contributed by atoms with E-state index in [2.05, 4.69) is 5.32 Å². The first-order valence-corrected chi connectivity index (χ1v) is 7.67. The fourth-order valence-electron chi connectivity index (χ4n) is 1.57. The van der Waals surface area contributed by atoms with Gasteiger partial charge in [-0.2, -0.15) is 0 Å². The van der Waals surface area contributed by atoms with Gasteiger partial charge in [0.15, 0.2) is 9.84 Å². The number of hydrogen-bond donors (Lipinski definition) is 1. The SMILES string of the molecule is CCS(=O)(=O)C(C)C(=O)NC(C)c1ccccc1. The second-order valence-electron chi connectivity index (χ2n) is 4.23. The van der Waals surface area contributed by atoms with Crippen LogP contribution in [0, 0.1) is 0 Å². The molecule has 1 amide bonds. The minimum atomic E-state index is -3.34. The maximum Gasteiger partial charge on any atom is 0.238 e. The number of benzene rings is 1. The smallest absolute Gasteiger partial charge is 0.238 e. The molecule has 0 radical (unpaired) electrons. The lowest BCUT2D eigenvalue weighted by Crippen LogP contribution is -2.39. The van der Waals surface area contributed by atoms with Crippen LogP contribution in [-0.2, 0) is 14.6 Å². The predicted molar refractivity (Wildman–Crippen MR) is 71.9 cm³/mol. The van der Waals surface area contributed by atoms with Crippen molar-refractivity contribution < 1.29 is 13.2 Å². The number of sulfone groups is 1. The van der Waals surface area contributed by atoms with Crippen LogP contribution < -0.4 is 5.32 Å². The Morgan fingerprint density at radius 3 is 2.28 bits per heavy atom. The second kappa shape index (κ2) is 6.00. The third-order valence-electron chi connectivity index (χ3n) is 2.97. The van der Waals surface area contributed by atoms with E-state index in [9.17, 15) is 13.2 Å². The molecule has 5 heteroatoms. The minimum absolute atomic E-state index is 0.0265. The molecule has 0 saturated heterocycles. The van der Waals surface area contributed by atoms with Crippen molar-refractivity contribution in [2.45, 2.75) is 32.1 Å². The third kappa shape index (κ3) is 3.57. The highest BCUT2D eigenvalue weighted by atomic mass is 32.2. The average Bonchev–Trinajstić information content (AvgIpc) is 2.38. The molecular weight excluding hydrogens is 250 g/mol. The first-order chi connectivity index (χ1) is 8.38. The lowest BCUT2D eigenvalue weighted by molar-refractivity contribution is -0.121. The highest BCUT2D eigenvalue weighted by Crippen LogP contribution is 2.12. The molecule has 100 valence electrons. The predicted octanol–water partition coefficient (Wildman–Crippen LogP) is 1.69. The van der Waals surface area contributed by atoms with Gasteiger partial charge in [0.2, 0.25) is 5.91 Å². The molecule has 0 aliphatic rings. The molecule has 1 aromatic carbocycles. The summed E-state index contributed by atoms with van der Waals surface area (Å²) in [7, 11) is -3.34. The van der Waals surface area contributed by atoms with Crippen LogP contribution in [0.4, 0.5) is 0 Å². The van der Waals surface area contributed by atoms with E-state index in [1.165, 1.54) is 6.92 Å². The summed E-state index contributed by atoms with van der Waals surface area (Å²) in [5.74, 6) is -0.477. The molecule has 18 heavy (non-hydrogen) atoms. The summed E-state index contributed by atoms with van der Waals surface area (Å²) in [6.07, 6.45) is 0. The minimum Gasteiger partial charge on any atom is -0.348 e. The summed E-state index contributed by atoms with van der Waals surface area (Å²) >= 11 is 0. The number of hydrogen-bond acceptors (Lipinski definition) is 3. The molecule has 2 atom stereocenters. The van der Waals surface area contributed by atoms with Gasteiger partial charge in [0.1, 0.15) is 5.25 Å². The number of carbonyl (C=O) groups excluding carboxylic acids is 1. The molecule has 0 saturated carbocycles. The molecule has 1 N–H and O–H groups in total. The van der Waals surface area contributed by atoms with Crippen LogP contribution in [0.15, 0.2) is 30.3 Å². The number of rotatable bonds is 5. The topological polar surface area (TPSA) is 63.2 Å². The molecule has 1 aromatic rings. The summed E-state index contributed by atoms with van der Waals surface area (Å²) in [6, 6.07) is 9.23. The zero-order valence-electron chi connectivity index (χ0n) is 10.9. The van der Waals surface area contributed by atoms with Crippen LogP contribution in [0.3, 0.4) is 0 Å². The molecule has 0 bridgehead atoms. The Balaban J connectivity index is 2.72. The zero-order valence-corrected chi connectivity index (χ0v) is 11.7. The molecule has 0 heterocycles. The molecular formula is C13H19NO3S. The van der Waals surface area contributed by atoms with E-state index in [0.717, 1.165) is 5.56 Å². The van der Waals surface area contributed by atoms with Crippen LogP contribution in [0.25, 0.3) is 0 Å². The van der Waals surface area contributed by atoms with Crippen LogP contribution in [0.5, 0.6) is 0 Å². The van der Waals surface area contributed by atoms with Crippen molar-refractivity contribution in [3.63, 3.8) is 0 Å². The normalized spacial score (nSPS) is 14.8. The first-order valence-electron chi connectivity index (χ1n) is 5.95. The Morgan fingerprint density at radius 2 is 1.78 bits per heavy atom. The Morgan fingerprint density at radius 1 is 1.22 bits per heavy atom. The van der Waals surface area contributed by atoms with Gasteiger partial charge in [-0.15, -0.1) is 0 Å². The van der Waals surface area contributed by atoms with Gasteiger partial charge in [0, 0.05) is 5.75 Å². The Bertz CT molecular complexity index is 496. The van der Waals surface area contributed by atoms with Crippen LogP contribution in [-0.4, -0.2) is 25.3 Å². The highest BCUT2D eigenvalue weighted by Gasteiger charge is 2.27. The van der Waals surface area contributed by atoms with Gasteiger partial charge in [-0.1, -0.05) is 37.3 Å². The second-order valence-corrected chi connectivity index (χ2v) is 6.84. The number of nitrogens with one attached hydrogen (secondary N) is 1. The van der Waals surface area contributed by atoms with E-state index < -0.39 is 21.0 Å². The number of carbonyl (C=O) groups is 1. The van der Waals surface area contributed by atoms with Crippen molar-refractivity contribution in [3.05, 3.63) is 35.9 Å². The Labute approximate surface area is 108 Å².